The number of nitrogens with one attached hydrogen (secondary N) is 1. The predicted octanol–water partition coefficient (Wildman–Crippen LogP) is 2.42. The number of carbonyl (C=O) groups is 1. The quantitative estimate of drug-likeness (QED) is 0.623. The first-order valence-electron chi connectivity index (χ1n) is 7.03. The third-order valence-electron chi connectivity index (χ3n) is 3.72. The van der Waals surface area contributed by atoms with Crippen molar-refractivity contribution in [3.05, 3.63) is 0 Å². The maximum Gasteiger partial charge on any atom is 0.323 e. The van der Waals surface area contributed by atoms with E-state index in [1.165, 1.54) is 19.3 Å². The summed E-state index contributed by atoms with van der Waals surface area (Å²) in [6.45, 7) is 6.92. The molecule has 1 atom stereocenters. The second-order valence-corrected chi connectivity index (χ2v) is 5.88. The SMILES string of the molecule is CC(C)NC(C)(CCOCCC1CCC1)C(=O)O. The minimum Gasteiger partial charge on any atom is -0.480 e. The molecule has 1 fully saturated rings. The van der Waals surface area contributed by atoms with Gasteiger partial charge in [-0.05, 0) is 39.5 Å². The van der Waals surface area contributed by atoms with Crippen molar-refractivity contribution in [1.82, 2.24) is 5.32 Å². The molecule has 1 saturated carbocycles. The first-order valence-corrected chi connectivity index (χ1v) is 7.03. The summed E-state index contributed by atoms with van der Waals surface area (Å²) in [7, 11) is 0. The Morgan fingerprint density at radius 2 is 2.11 bits per heavy atom. The molecule has 1 aliphatic rings. The van der Waals surface area contributed by atoms with Crippen LogP contribution in [0.1, 0.15) is 52.9 Å². The number of ether oxygens (including phenoxy) is 1. The fourth-order valence-corrected chi connectivity index (χ4v) is 2.29. The molecule has 0 aliphatic heterocycles. The summed E-state index contributed by atoms with van der Waals surface area (Å²) in [4.78, 5) is 11.3. The van der Waals surface area contributed by atoms with Gasteiger partial charge in [0.25, 0.3) is 0 Å². The van der Waals surface area contributed by atoms with E-state index in [2.05, 4.69) is 5.32 Å². The van der Waals surface area contributed by atoms with Gasteiger partial charge >= 0.3 is 5.97 Å². The van der Waals surface area contributed by atoms with E-state index < -0.39 is 11.5 Å². The van der Waals surface area contributed by atoms with E-state index in [4.69, 9.17) is 4.74 Å². The van der Waals surface area contributed by atoms with Crippen molar-refractivity contribution >= 4 is 5.97 Å². The highest BCUT2D eigenvalue weighted by molar-refractivity contribution is 5.78. The molecule has 0 bridgehead atoms. The zero-order valence-electron chi connectivity index (χ0n) is 11.9. The van der Waals surface area contributed by atoms with Gasteiger partial charge in [0.1, 0.15) is 5.54 Å². The molecular weight excluding hydrogens is 230 g/mol. The van der Waals surface area contributed by atoms with Gasteiger partial charge < -0.3 is 9.84 Å². The number of carboxylic acids is 1. The van der Waals surface area contributed by atoms with Crippen molar-refractivity contribution in [3.8, 4) is 0 Å². The third-order valence-corrected chi connectivity index (χ3v) is 3.72. The molecule has 106 valence electrons. The number of hydrogen-bond acceptors (Lipinski definition) is 3. The Morgan fingerprint density at radius 3 is 2.56 bits per heavy atom. The number of hydrogen-bond donors (Lipinski definition) is 2. The van der Waals surface area contributed by atoms with E-state index in [9.17, 15) is 9.90 Å². The fraction of sp³-hybridized carbons (Fsp3) is 0.929. The Morgan fingerprint density at radius 1 is 1.44 bits per heavy atom. The molecule has 0 aromatic heterocycles. The summed E-state index contributed by atoms with van der Waals surface area (Å²) in [6.07, 6.45) is 5.67. The topological polar surface area (TPSA) is 58.6 Å². The monoisotopic (exact) mass is 257 g/mol. The molecule has 0 aromatic rings. The number of aliphatic carboxylic acids is 1. The smallest absolute Gasteiger partial charge is 0.323 e. The van der Waals surface area contributed by atoms with Crippen LogP contribution in [0.2, 0.25) is 0 Å². The number of rotatable bonds is 9. The van der Waals surface area contributed by atoms with E-state index in [-0.39, 0.29) is 6.04 Å². The van der Waals surface area contributed by atoms with Gasteiger partial charge in [0, 0.05) is 19.3 Å². The Balaban J connectivity index is 2.18. The highest BCUT2D eigenvalue weighted by Gasteiger charge is 2.33. The van der Waals surface area contributed by atoms with Gasteiger partial charge in [0.15, 0.2) is 0 Å². The Labute approximate surface area is 110 Å². The normalized spacial score (nSPS) is 19.6. The molecule has 0 amide bonds. The van der Waals surface area contributed by atoms with Gasteiger partial charge in [-0.25, -0.2) is 0 Å². The zero-order chi connectivity index (χ0) is 13.6. The average Bonchev–Trinajstić information content (AvgIpc) is 2.19. The molecule has 0 spiro atoms. The second-order valence-electron chi connectivity index (χ2n) is 5.88. The zero-order valence-corrected chi connectivity index (χ0v) is 11.9. The summed E-state index contributed by atoms with van der Waals surface area (Å²) in [6, 6.07) is 0.154. The summed E-state index contributed by atoms with van der Waals surface area (Å²) in [5.41, 5.74) is -0.884. The van der Waals surface area contributed by atoms with Crippen LogP contribution in [0, 0.1) is 5.92 Å². The molecule has 0 aromatic carbocycles. The van der Waals surface area contributed by atoms with E-state index >= 15 is 0 Å². The molecule has 0 saturated heterocycles. The Kier molecular flexibility index (Phi) is 6.09. The first-order chi connectivity index (χ1) is 8.44. The van der Waals surface area contributed by atoms with Gasteiger partial charge in [0.2, 0.25) is 0 Å². The largest absolute Gasteiger partial charge is 0.480 e. The molecule has 1 rings (SSSR count). The fourth-order valence-electron chi connectivity index (χ4n) is 2.29. The van der Waals surface area contributed by atoms with Crippen molar-refractivity contribution < 1.29 is 14.6 Å². The minimum absolute atomic E-state index is 0.154. The van der Waals surface area contributed by atoms with Gasteiger partial charge in [-0.3, -0.25) is 10.1 Å². The highest BCUT2D eigenvalue weighted by Crippen LogP contribution is 2.29. The van der Waals surface area contributed by atoms with Gasteiger partial charge in [-0.15, -0.1) is 0 Å². The van der Waals surface area contributed by atoms with Crippen molar-refractivity contribution in [1.29, 1.82) is 0 Å². The minimum atomic E-state index is -0.884. The van der Waals surface area contributed by atoms with Crippen LogP contribution in [-0.4, -0.2) is 35.9 Å². The standard InChI is InChI=1S/C14H27NO3/c1-11(2)15-14(3,13(16)17)8-10-18-9-7-12-5-4-6-12/h11-12,15H,4-10H2,1-3H3,(H,16,17). The van der Waals surface area contributed by atoms with Crippen molar-refractivity contribution in [3.63, 3.8) is 0 Å². The van der Waals surface area contributed by atoms with Gasteiger partial charge in [0.05, 0.1) is 0 Å². The Hall–Kier alpha value is -0.610. The van der Waals surface area contributed by atoms with E-state index in [1.54, 1.807) is 6.92 Å². The van der Waals surface area contributed by atoms with Crippen molar-refractivity contribution in [2.75, 3.05) is 13.2 Å². The lowest BCUT2D eigenvalue weighted by Crippen LogP contribution is -2.53. The molecule has 1 unspecified atom stereocenters. The molecule has 0 heterocycles. The van der Waals surface area contributed by atoms with E-state index in [0.29, 0.717) is 13.0 Å². The maximum atomic E-state index is 11.3. The van der Waals surface area contributed by atoms with Crippen LogP contribution in [0.25, 0.3) is 0 Å². The van der Waals surface area contributed by atoms with Gasteiger partial charge in [-0.1, -0.05) is 19.3 Å². The van der Waals surface area contributed by atoms with Crippen molar-refractivity contribution in [2.24, 2.45) is 5.92 Å². The molecule has 2 N–H and O–H groups in total. The number of carboxylic acid groups (broad SMARTS) is 1. The first kappa shape index (κ1) is 15.4. The summed E-state index contributed by atoms with van der Waals surface area (Å²) in [5, 5.41) is 12.4. The molecular formula is C14H27NO3. The second kappa shape index (κ2) is 7.10. The van der Waals surface area contributed by atoms with Crippen LogP contribution in [0.3, 0.4) is 0 Å². The average molecular weight is 257 g/mol. The van der Waals surface area contributed by atoms with E-state index in [1.807, 2.05) is 13.8 Å². The van der Waals surface area contributed by atoms with Crippen LogP contribution >= 0.6 is 0 Å². The molecule has 18 heavy (non-hydrogen) atoms. The van der Waals surface area contributed by atoms with Gasteiger partial charge in [-0.2, -0.15) is 0 Å². The lowest BCUT2D eigenvalue weighted by atomic mass is 9.83. The van der Waals surface area contributed by atoms with Crippen LogP contribution in [0.15, 0.2) is 0 Å². The highest BCUT2D eigenvalue weighted by atomic mass is 16.5. The van der Waals surface area contributed by atoms with Crippen LogP contribution in [0.4, 0.5) is 0 Å². The lowest BCUT2D eigenvalue weighted by Gasteiger charge is -2.29. The Bertz CT molecular complexity index is 264. The third kappa shape index (κ3) is 4.94. The van der Waals surface area contributed by atoms with Crippen LogP contribution in [0.5, 0.6) is 0 Å². The lowest BCUT2D eigenvalue weighted by molar-refractivity contribution is -0.145. The summed E-state index contributed by atoms with van der Waals surface area (Å²) in [5.74, 6) is 0.0449. The summed E-state index contributed by atoms with van der Waals surface area (Å²) < 4.78 is 5.56. The maximum absolute atomic E-state index is 11.3. The molecule has 0 radical (unpaired) electrons. The molecule has 1 aliphatic carbocycles. The molecule has 4 heteroatoms. The molecule has 4 nitrogen and oxygen atoms in total. The predicted molar refractivity (Wildman–Crippen MR) is 71.7 cm³/mol. The van der Waals surface area contributed by atoms with Crippen molar-refractivity contribution in [2.45, 2.75) is 64.5 Å². The van der Waals surface area contributed by atoms with Crippen LogP contribution in [-0.2, 0) is 9.53 Å². The van der Waals surface area contributed by atoms with Crippen LogP contribution < -0.4 is 5.32 Å². The van der Waals surface area contributed by atoms with E-state index in [0.717, 1.165) is 18.9 Å². The summed E-state index contributed by atoms with van der Waals surface area (Å²) >= 11 is 0.